The minimum absolute atomic E-state index is 0. The highest BCUT2D eigenvalue weighted by atomic mass is 35.5. The monoisotopic (exact) mass is 171 g/mol. The van der Waals surface area contributed by atoms with Crippen LogP contribution in [0.3, 0.4) is 0 Å². The maximum Gasteiger partial charge on any atom is 0.167 e. The van der Waals surface area contributed by atoms with E-state index in [1.165, 1.54) is 0 Å². The van der Waals surface area contributed by atoms with Gasteiger partial charge in [-0.05, 0) is 5.56 Å². The van der Waals surface area contributed by atoms with Crippen molar-refractivity contribution in [3.05, 3.63) is 35.9 Å². The van der Waals surface area contributed by atoms with Gasteiger partial charge in [-0.1, -0.05) is 30.3 Å². The first kappa shape index (κ1) is 9.98. The topological polar surface area (TPSA) is 33.1 Å². The molecule has 0 saturated carbocycles. The van der Waals surface area contributed by atoms with Gasteiger partial charge in [0.05, 0.1) is 0 Å². The van der Waals surface area contributed by atoms with Crippen LogP contribution in [0.4, 0.5) is 0 Å². The third-order valence-electron chi connectivity index (χ3n) is 1.18. The van der Waals surface area contributed by atoms with Crippen LogP contribution in [0.5, 0.6) is 0 Å². The van der Waals surface area contributed by atoms with Crippen molar-refractivity contribution in [3.8, 4) is 0 Å². The first-order valence-corrected chi connectivity index (χ1v) is 3.08. The highest BCUT2D eigenvalue weighted by Gasteiger charge is 1.86. The van der Waals surface area contributed by atoms with Crippen molar-refractivity contribution in [1.29, 1.82) is 5.41 Å². The lowest BCUT2D eigenvalue weighted by atomic mass is 10.2. The molecule has 0 unspecified atom stereocenters. The number of hydrogen-bond donors (Lipinski definition) is 1. The summed E-state index contributed by atoms with van der Waals surface area (Å²) < 4.78 is 4.76. The van der Waals surface area contributed by atoms with Crippen LogP contribution in [0.2, 0.25) is 0 Å². The first-order valence-electron chi connectivity index (χ1n) is 3.08. The molecule has 3 heteroatoms. The Bertz CT molecular complexity index is 201. The molecule has 1 rings (SSSR count). The van der Waals surface area contributed by atoms with E-state index in [4.69, 9.17) is 10.1 Å². The highest BCUT2D eigenvalue weighted by molar-refractivity contribution is 5.85. The fraction of sp³-hybridized carbons (Fsp3) is 0.125. The summed E-state index contributed by atoms with van der Waals surface area (Å²) in [7, 11) is 0. The molecule has 0 aliphatic carbocycles. The standard InChI is InChI=1S/C8H9NO.ClH/c9-7-10-6-8-4-2-1-3-5-8;/h1-5,7,9H,6H2;1H. The van der Waals surface area contributed by atoms with Gasteiger partial charge in [0.25, 0.3) is 0 Å². The molecule has 0 bridgehead atoms. The van der Waals surface area contributed by atoms with Crippen LogP contribution in [0.25, 0.3) is 0 Å². The zero-order chi connectivity index (χ0) is 7.23. The lowest BCUT2D eigenvalue weighted by Crippen LogP contribution is -1.87. The summed E-state index contributed by atoms with van der Waals surface area (Å²) in [5.74, 6) is 0. The summed E-state index contributed by atoms with van der Waals surface area (Å²) >= 11 is 0. The zero-order valence-corrected chi connectivity index (χ0v) is 6.80. The largest absolute Gasteiger partial charge is 0.479 e. The molecule has 0 fully saturated rings. The van der Waals surface area contributed by atoms with Crippen molar-refractivity contribution in [2.75, 3.05) is 0 Å². The van der Waals surface area contributed by atoms with E-state index in [9.17, 15) is 0 Å². The number of nitrogens with one attached hydrogen (secondary N) is 1. The van der Waals surface area contributed by atoms with Crippen LogP contribution in [0.1, 0.15) is 5.56 Å². The molecule has 0 spiro atoms. The summed E-state index contributed by atoms with van der Waals surface area (Å²) in [6.07, 6.45) is 0.951. The molecule has 1 N–H and O–H groups in total. The minimum Gasteiger partial charge on any atom is -0.479 e. The maximum atomic E-state index is 6.60. The number of halogens is 1. The van der Waals surface area contributed by atoms with Crippen LogP contribution in [0.15, 0.2) is 30.3 Å². The zero-order valence-electron chi connectivity index (χ0n) is 5.99. The maximum absolute atomic E-state index is 6.60. The molecule has 0 aromatic heterocycles. The molecular weight excluding hydrogens is 162 g/mol. The van der Waals surface area contributed by atoms with Crippen LogP contribution in [-0.2, 0) is 11.3 Å². The van der Waals surface area contributed by atoms with Gasteiger partial charge in [0, 0.05) is 0 Å². The van der Waals surface area contributed by atoms with Crippen LogP contribution >= 0.6 is 12.4 Å². The Morgan fingerprint density at radius 1 is 1.27 bits per heavy atom. The molecule has 1 aromatic rings. The third-order valence-corrected chi connectivity index (χ3v) is 1.18. The van der Waals surface area contributed by atoms with Gasteiger partial charge in [0.15, 0.2) is 6.40 Å². The van der Waals surface area contributed by atoms with E-state index in [1.54, 1.807) is 0 Å². The Kier molecular flexibility index (Phi) is 5.21. The molecule has 0 saturated heterocycles. The van der Waals surface area contributed by atoms with Crippen molar-refractivity contribution in [1.82, 2.24) is 0 Å². The molecule has 60 valence electrons. The molecule has 0 atom stereocenters. The van der Waals surface area contributed by atoms with Crippen LogP contribution in [0, 0.1) is 5.41 Å². The normalized spacial score (nSPS) is 8.00. The Balaban J connectivity index is 0.000001000. The Hall–Kier alpha value is -1.02. The van der Waals surface area contributed by atoms with E-state index in [-0.39, 0.29) is 12.4 Å². The van der Waals surface area contributed by atoms with Gasteiger partial charge in [-0.25, -0.2) is 0 Å². The van der Waals surface area contributed by atoms with Crippen molar-refractivity contribution in [3.63, 3.8) is 0 Å². The SMILES string of the molecule is Cl.N=COCc1ccccc1. The average Bonchev–Trinajstić information content (AvgIpc) is 2.03. The molecular formula is C8H10ClNO. The molecule has 0 heterocycles. The van der Waals surface area contributed by atoms with Gasteiger partial charge in [0.1, 0.15) is 6.61 Å². The minimum atomic E-state index is 0. The summed E-state index contributed by atoms with van der Waals surface area (Å²) in [4.78, 5) is 0. The average molecular weight is 172 g/mol. The van der Waals surface area contributed by atoms with Gasteiger partial charge in [-0.15, -0.1) is 12.4 Å². The molecule has 2 nitrogen and oxygen atoms in total. The van der Waals surface area contributed by atoms with Gasteiger partial charge in [-0.2, -0.15) is 0 Å². The number of ether oxygens (including phenoxy) is 1. The summed E-state index contributed by atoms with van der Waals surface area (Å²) in [6, 6.07) is 9.77. The van der Waals surface area contributed by atoms with Crippen molar-refractivity contribution >= 4 is 18.8 Å². The molecule has 1 aromatic carbocycles. The van der Waals surface area contributed by atoms with Gasteiger partial charge in [-0.3, -0.25) is 5.41 Å². The Labute approximate surface area is 72.1 Å². The lowest BCUT2D eigenvalue weighted by Gasteiger charge is -1.97. The second-order valence-electron chi connectivity index (χ2n) is 1.91. The lowest BCUT2D eigenvalue weighted by molar-refractivity contribution is 0.305. The number of rotatable bonds is 3. The van der Waals surface area contributed by atoms with Gasteiger partial charge >= 0.3 is 0 Å². The molecule has 0 radical (unpaired) electrons. The van der Waals surface area contributed by atoms with Crippen molar-refractivity contribution in [2.24, 2.45) is 0 Å². The predicted molar refractivity (Wildman–Crippen MR) is 47.3 cm³/mol. The highest BCUT2D eigenvalue weighted by Crippen LogP contribution is 1.98. The predicted octanol–water partition coefficient (Wildman–Crippen LogP) is 2.23. The fourth-order valence-electron chi connectivity index (χ4n) is 0.712. The molecule has 11 heavy (non-hydrogen) atoms. The van der Waals surface area contributed by atoms with E-state index < -0.39 is 0 Å². The van der Waals surface area contributed by atoms with Crippen LogP contribution in [-0.4, -0.2) is 6.40 Å². The second-order valence-corrected chi connectivity index (χ2v) is 1.91. The smallest absolute Gasteiger partial charge is 0.167 e. The summed E-state index contributed by atoms with van der Waals surface area (Å²) in [5, 5.41) is 6.60. The van der Waals surface area contributed by atoms with E-state index in [0.29, 0.717) is 6.61 Å². The number of hydrogen-bond acceptors (Lipinski definition) is 2. The molecule has 0 aliphatic rings. The van der Waals surface area contributed by atoms with E-state index >= 15 is 0 Å². The summed E-state index contributed by atoms with van der Waals surface area (Å²) in [6.45, 7) is 0.490. The molecule has 0 amide bonds. The van der Waals surface area contributed by atoms with Crippen molar-refractivity contribution in [2.45, 2.75) is 6.61 Å². The molecule has 0 aliphatic heterocycles. The van der Waals surface area contributed by atoms with Gasteiger partial charge in [0.2, 0.25) is 0 Å². The Morgan fingerprint density at radius 2 is 1.91 bits per heavy atom. The Morgan fingerprint density at radius 3 is 2.45 bits per heavy atom. The third kappa shape index (κ3) is 3.63. The van der Waals surface area contributed by atoms with Crippen molar-refractivity contribution < 1.29 is 4.74 Å². The second kappa shape index (κ2) is 5.74. The van der Waals surface area contributed by atoms with E-state index in [2.05, 4.69) is 0 Å². The van der Waals surface area contributed by atoms with E-state index in [1.807, 2.05) is 30.3 Å². The number of benzene rings is 1. The fourth-order valence-corrected chi connectivity index (χ4v) is 0.712. The van der Waals surface area contributed by atoms with Crippen LogP contribution < -0.4 is 0 Å². The quantitative estimate of drug-likeness (QED) is 0.549. The summed E-state index contributed by atoms with van der Waals surface area (Å²) in [5.41, 5.74) is 1.09. The van der Waals surface area contributed by atoms with Gasteiger partial charge < -0.3 is 4.74 Å². The first-order chi connectivity index (χ1) is 4.93. The van der Waals surface area contributed by atoms with E-state index in [0.717, 1.165) is 12.0 Å².